The van der Waals surface area contributed by atoms with Crippen molar-refractivity contribution in [1.82, 2.24) is 0 Å². The largest absolute Gasteiger partial charge is 0.384 e. The van der Waals surface area contributed by atoms with Crippen LogP contribution < -0.4 is 5.32 Å². The van der Waals surface area contributed by atoms with Gasteiger partial charge in [0.2, 0.25) is 5.91 Å². The Hall–Kier alpha value is -2.13. The Morgan fingerprint density at radius 3 is 2.57 bits per heavy atom. The molecule has 2 atom stereocenters. The highest BCUT2D eigenvalue weighted by atomic mass is 16.3. The predicted octanol–water partition coefficient (Wildman–Crippen LogP) is 3.44. The van der Waals surface area contributed by atoms with E-state index in [0.717, 1.165) is 33.5 Å². The molecule has 1 heterocycles. The number of hydrogen-bond donors (Lipinski definition) is 2. The topological polar surface area (TPSA) is 49.3 Å². The molecule has 0 radical (unpaired) electrons. The van der Waals surface area contributed by atoms with Crippen molar-refractivity contribution < 1.29 is 9.90 Å². The Morgan fingerprint density at radius 1 is 1.14 bits per heavy atom. The van der Waals surface area contributed by atoms with Crippen molar-refractivity contribution in [2.24, 2.45) is 0 Å². The van der Waals surface area contributed by atoms with Gasteiger partial charge in [-0.25, -0.2) is 0 Å². The van der Waals surface area contributed by atoms with Crippen molar-refractivity contribution in [1.29, 1.82) is 0 Å². The molecule has 0 saturated heterocycles. The highest BCUT2D eigenvalue weighted by Crippen LogP contribution is 2.38. The molecule has 0 spiro atoms. The molecule has 2 unspecified atom stereocenters. The summed E-state index contributed by atoms with van der Waals surface area (Å²) in [7, 11) is 0. The molecule has 2 N–H and O–H groups in total. The van der Waals surface area contributed by atoms with Crippen molar-refractivity contribution in [3.8, 4) is 0 Å². The second kappa shape index (κ2) is 5.01. The van der Waals surface area contributed by atoms with E-state index in [-0.39, 0.29) is 11.8 Å². The van der Waals surface area contributed by atoms with Gasteiger partial charge in [-0.15, -0.1) is 0 Å². The maximum Gasteiger partial charge on any atom is 0.231 e. The van der Waals surface area contributed by atoms with Crippen molar-refractivity contribution in [3.05, 3.63) is 64.2 Å². The lowest BCUT2D eigenvalue weighted by Gasteiger charge is -2.17. The number of aryl methyl sites for hydroxylation is 2. The molecule has 21 heavy (non-hydrogen) atoms. The summed E-state index contributed by atoms with van der Waals surface area (Å²) in [5.74, 6) is -0.140. The van der Waals surface area contributed by atoms with E-state index in [9.17, 15) is 9.90 Å². The molecule has 1 aliphatic heterocycles. The second-order valence-corrected chi connectivity index (χ2v) is 5.77. The van der Waals surface area contributed by atoms with Gasteiger partial charge in [-0.3, -0.25) is 4.79 Å². The fourth-order valence-corrected chi connectivity index (χ4v) is 2.96. The smallest absolute Gasteiger partial charge is 0.231 e. The number of aliphatic hydroxyl groups excluding tert-OH is 1. The summed E-state index contributed by atoms with van der Waals surface area (Å²) in [4.78, 5) is 11.8. The second-order valence-electron chi connectivity index (χ2n) is 5.77. The molecule has 0 saturated carbocycles. The molecule has 0 bridgehead atoms. The number of hydrogen-bond acceptors (Lipinski definition) is 2. The first-order valence-corrected chi connectivity index (χ1v) is 7.18. The standard InChI is InChI=1S/C18H19NO2/c1-10-6-4-5-7-14(10)17(20)13-8-11(2)16-15(9-13)12(3)18(21)19-16/h4-9,12,17,20H,1-3H3,(H,19,21). The third-order valence-electron chi connectivity index (χ3n) is 4.30. The monoisotopic (exact) mass is 281 g/mol. The van der Waals surface area contributed by atoms with E-state index in [1.165, 1.54) is 0 Å². The van der Waals surface area contributed by atoms with E-state index in [0.29, 0.717) is 0 Å². The fourth-order valence-electron chi connectivity index (χ4n) is 2.96. The van der Waals surface area contributed by atoms with Gasteiger partial charge in [0.1, 0.15) is 6.10 Å². The highest BCUT2D eigenvalue weighted by Gasteiger charge is 2.29. The Morgan fingerprint density at radius 2 is 1.86 bits per heavy atom. The Labute approximate surface area is 124 Å². The summed E-state index contributed by atoms with van der Waals surface area (Å²) in [6.07, 6.45) is -0.668. The average molecular weight is 281 g/mol. The Kier molecular flexibility index (Phi) is 3.30. The number of amides is 1. The normalized spacial score (nSPS) is 18.3. The van der Waals surface area contributed by atoms with Crippen LogP contribution in [0.2, 0.25) is 0 Å². The molecule has 0 aliphatic carbocycles. The van der Waals surface area contributed by atoms with Crippen LogP contribution in [0.1, 0.15) is 46.8 Å². The molecule has 1 aliphatic rings. The zero-order valence-electron chi connectivity index (χ0n) is 12.5. The molecular formula is C18H19NO2. The van der Waals surface area contributed by atoms with E-state index in [1.807, 2.05) is 57.2 Å². The van der Waals surface area contributed by atoms with Crippen molar-refractivity contribution in [2.75, 3.05) is 5.32 Å². The van der Waals surface area contributed by atoms with E-state index in [1.54, 1.807) is 0 Å². The van der Waals surface area contributed by atoms with Gasteiger partial charge in [-0.2, -0.15) is 0 Å². The van der Waals surface area contributed by atoms with E-state index < -0.39 is 6.10 Å². The zero-order valence-corrected chi connectivity index (χ0v) is 12.5. The molecule has 2 aromatic rings. The van der Waals surface area contributed by atoms with Gasteiger partial charge >= 0.3 is 0 Å². The summed E-state index contributed by atoms with van der Waals surface area (Å²) in [5.41, 5.74) is 5.67. The molecule has 2 aromatic carbocycles. The summed E-state index contributed by atoms with van der Waals surface area (Å²) in [6, 6.07) is 11.7. The third kappa shape index (κ3) is 2.24. The van der Waals surface area contributed by atoms with Crippen molar-refractivity contribution in [3.63, 3.8) is 0 Å². The molecule has 0 fully saturated rings. The predicted molar refractivity (Wildman–Crippen MR) is 83.5 cm³/mol. The van der Waals surface area contributed by atoms with Crippen LogP contribution in [0.15, 0.2) is 36.4 Å². The number of nitrogens with one attached hydrogen (secondary N) is 1. The third-order valence-corrected chi connectivity index (χ3v) is 4.30. The number of fused-ring (bicyclic) bond motifs is 1. The minimum atomic E-state index is -0.668. The van der Waals surface area contributed by atoms with E-state index in [2.05, 4.69) is 5.32 Å². The molecule has 3 rings (SSSR count). The lowest BCUT2D eigenvalue weighted by Crippen LogP contribution is -2.08. The first kappa shape index (κ1) is 13.8. The average Bonchev–Trinajstić information content (AvgIpc) is 2.75. The van der Waals surface area contributed by atoms with E-state index >= 15 is 0 Å². The van der Waals surface area contributed by atoms with Crippen LogP contribution in [-0.4, -0.2) is 11.0 Å². The first-order chi connectivity index (χ1) is 9.99. The zero-order chi connectivity index (χ0) is 15.1. The number of aliphatic hydroxyl groups is 1. The van der Waals surface area contributed by atoms with Gasteiger partial charge in [0, 0.05) is 5.69 Å². The van der Waals surface area contributed by atoms with E-state index in [4.69, 9.17) is 0 Å². The minimum Gasteiger partial charge on any atom is -0.384 e. The van der Waals surface area contributed by atoms with Crippen LogP contribution in [0.3, 0.4) is 0 Å². The van der Waals surface area contributed by atoms with Gasteiger partial charge in [0.25, 0.3) is 0 Å². The maximum atomic E-state index is 11.8. The summed E-state index contributed by atoms with van der Waals surface area (Å²) >= 11 is 0. The molecule has 3 nitrogen and oxygen atoms in total. The van der Waals surface area contributed by atoms with Crippen LogP contribution in [0, 0.1) is 13.8 Å². The quantitative estimate of drug-likeness (QED) is 0.886. The molecule has 1 amide bonds. The maximum absolute atomic E-state index is 11.8. The Balaban J connectivity index is 2.07. The van der Waals surface area contributed by atoms with Gasteiger partial charge in [-0.1, -0.05) is 30.3 Å². The number of carbonyl (C=O) groups is 1. The molecule has 0 aromatic heterocycles. The number of rotatable bonds is 2. The number of carbonyl (C=O) groups excluding carboxylic acids is 1. The lowest BCUT2D eigenvalue weighted by atomic mass is 9.92. The number of anilines is 1. The molecule has 108 valence electrons. The van der Waals surface area contributed by atoms with Crippen LogP contribution in [0.25, 0.3) is 0 Å². The SMILES string of the molecule is Cc1ccccc1C(O)c1cc(C)c2c(c1)C(C)C(=O)N2. The Bertz CT molecular complexity index is 721. The van der Waals surface area contributed by atoms with Gasteiger partial charge in [0.05, 0.1) is 5.92 Å². The van der Waals surface area contributed by atoms with Crippen LogP contribution in [0.5, 0.6) is 0 Å². The number of benzene rings is 2. The highest BCUT2D eigenvalue weighted by molar-refractivity contribution is 6.03. The lowest BCUT2D eigenvalue weighted by molar-refractivity contribution is -0.116. The van der Waals surface area contributed by atoms with Crippen molar-refractivity contribution >= 4 is 11.6 Å². The van der Waals surface area contributed by atoms with Crippen LogP contribution in [0.4, 0.5) is 5.69 Å². The van der Waals surface area contributed by atoms with Gasteiger partial charge in [0.15, 0.2) is 0 Å². The van der Waals surface area contributed by atoms with Crippen LogP contribution in [-0.2, 0) is 4.79 Å². The van der Waals surface area contributed by atoms with Gasteiger partial charge in [-0.05, 0) is 54.7 Å². The summed E-state index contributed by atoms with van der Waals surface area (Å²) in [6.45, 7) is 5.85. The summed E-state index contributed by atoms with van der Waals surface area (Å²) < 4.78 is 0. The first-order valence-electron chi connectivity index (χ1n) is 7.18. The molecular weight excluding hydrogens is 262 g/mol. The summed E-state index contributed by atoms with van der Waals surface area (Å²) in [5, 5.41) is 13.6. The molecule has 3 heteroatoms. The fraction of sp³-hybridized carbons (Fsp3) is 0.278. The minimum absolute atomic E-state index is 0.0237. The van der Waals surface area contributed by atoms with Crippen molar-refractivity contribution in [2.45, 2.75) is 32.8 Å². The van der Waals surface area contributed by atoms with Crippen LogP contribution >= 0.6 is 0 Å². The van der Waals surface area contributed by atoms with Gasteiger partial charge < -0.3 is 10.4 Å².